The monoisotopic (exact) mass is 328 g/mol. The van der Waals surface area contributed by atoms with Crippen LogP contribution in [-0.4, -0.2) is 41.0 Å². The van der Waals surface area contributed by atoms with E-state index in [1.807, 2.05) is 19.1 Å². The standard InChI is InChI=1S/C19H24N2O3/c1-16(8-6-9-17-10-7-12-20-14-17)24-19(23)15-21-13-5-3-2-4-11-18(21)22/h7,10,12,14,16H,2-5,8,11,13,15H2,1H3/t16-/m0/s1. The second-order valence-corrected chi connectivity index (χ2v) is 6.03. The van der Waals surface area contributed by atoms with Crippen LogP contribution in [0.25, 0.3) is 0 Å². The summed E-state index contributed by atoms with van der Waals surface area (Å²) in [5.41, 5.74) is 0.835. The SMILES string of the molecule is C[C@@H](CC#Cc1cccnc1)OC(=O)CN1CCCCCCC1=O. The molecule has 1 aromatic rings. The summed E-state index contributed by atoms with van der Waals surface area (Å²) in [6, 6.07) is 3.71. The van der Waals surface area contributed by atoms with Gasteiger partial charge >= 0.3 is 5.97 Å². The van der Waals surface area contributed by atoms with Gasteiger partial charge in [-0.1, -0.05) is 24.7 Å². The summed E-state index contributed by atoms with van der Waals surface area (Å²) in [6.07, 6.45) is 8.13. The molecule has 1 amide bonds. The van der Waals surface area contributed by atoms with Gasteiger partial charge in [-0.2, -0.15) is 0 Å². The molecule has 1 fully saturated rings. The van der Waals surface area contributed by atoms with E-state index in [2.05, 4.69) is 16.8 Å². The highest BCUT2D eigenvalue weighted by Gasteiger charge is 2.20. The van der Waals surface area contributed by atoms with Crippen molar-refractivity contribution in [1.29, 1.82) is 0 Å². The second-order valence-electron chi connectivity index (χ2n) is 6.03. The number of ether oxygens (including phenoxy) is 1. The quantitative estimate of drug-likeness (QED) is 0.629. The number of rotatable bonds is 4. The molecule has 2 rings (SSSR count). The Balaban J connectivity index is 1.76. The predicted molar refractivity (Wildman–Crippen MR) is 91.0 cm³/mol. The minimum absolute atomic E-state index is 0.0409. The lowest BCUT2D eigenvalue weighted by Gasteiger charge is -2.24. The Morgan fingerprint density at radius 1 is 1.38 bits per heavy atom. The van der Waals surface area contributed by atoms with Crippen molar-refractivity contribution in [3.63, 3.8) is 0 Å². The van der Waals surface area contributed by atoms with Gasteiger partial charge in [-0.05, 0) is 31.9 Å². The van der Waals surface area contributed by atoms with E-state index in [0.29, 0.717) is 19.4 Å². The summed E-state index contributed by atoms with van der Waals surface area (Å²) < 4.78 is 5.36. The number of carbonyl (C=O) groups is 2. The lowest BCUT2D eigenvalue weighted by Crippen LogP contribution is -2.38. The van der Waals surface area contributed by atoms with Gasteiger partial charge in [-0.15, -0.1) is 0 Å². The molecule has 0 spiro atoms. The number of hydrogen-bond acceptors (Lipinski definition) is 4. The Bertz CT molecular complexity index is 604. The number of amides is 1. The highest BCUT2D eigenvalue weighted by atomic mass is 16.5. The number of carbonyl (C=O) groups excluding carboxylic acids is 2. The highest BCUT2D eigenvalue weighted by molar-refractivity contribution is 5.82. The molecular weight excluding hydrogens is 304 g/mol. The van der Waals surface area contributed by atoms with E-state index in [-0.39, 0.29) is 24.5 Å². The summed E-state index contributed by atoms with van der Waals surface area (Å²) in [5, 5.41) is 0. The van der Waals surface area contributed by atoms with E-state index in [1.54, 1.807) is 17.3 Å². The third kappa shape index (κ3) is 6.41. The van der Waals surface area contributed by atoms with Crippen molar-refractivity contribution in [2.24, 2.45) is 0 Å². The van der Waals surface area contributed by atoms with Gasteiger partial charge in [0.15, 0.2) is 0 Å². The Kier molecular flexibility index (Phi) is 7.28. The maximum atomic E-state index is 12.0. The highest BCUT2D eigenvalue weighted by Crippen LogP contribution is 2.12. The topological polar surface area (TPSA) is 59.5 Å². The van der Waals surface area contributed by atoms with Crippen LogP contribution >= 0.6 is 0 Å². The molecule has 2 heterocycles. The molecule has 0 aliphatic carbocycles. The molecule has 0 aromatic carbocycles. The first-order valence-corrected chi connectivity index (χ1v) is 8.51. The zero-order valence-corrected chi connectivity index (χ0v) is 14.2. The van der Waals surface area contributed by atoms with Gasteiger partial charge in [0, 0.05) is 37.3 Å². The lowest BCUT2D eigenvalue weighted by atomic mass is 10.1. The number of hydrogen-bond donors (Lipinski definition) is 0. The van der Waals surface area contributed by atoms with Crippen molar-refractivity contribution < 1.29 is 14.3 Å². The first-order chi connectivity index (χ1) is 11.6. The molecule has 128 valence electrons. The van der Waals surface area contributed by atoms with Crippen LogP contribution in [-0.2, 0) is 14.3 Å². The zero-order chi connectivity index (χ0) is 17.2. The van der Waals surface area contributed by atoms with Gasteiger partial charge in [0.05, 0.1) is 0 Å². The van der Waals surface area contributed by atoms with Crippen LogP contribution < -0.4 is 0 Å². The summed E-state index contributed by atoms with van der Waals surface area (Å²) >= 11 is 0. The van der Waals surface area contributed by atoms with Crippen molar-refractivity contribution in [2.75, 3.05) is 13.1 Å². The molecule has 24 heavy (non-hydrogen) atoms. The van der Waals surface area contributed by atoms with E-state index >= 15 is 0 Å². The predicted octanol–water partition coefficient (Wildman–Crippen LogP) is 2.55. The first-order valence-electron chi connectivity index (χ1n) is 8.51. The number of esters is 1. The smallest absolute Gasteiger partial charge is 0.325 e. The summed E-state index contributed by atoms with van der Waals surface area (Å²) in [4.78, 5) is 29.6. The average molecular weight is 328 g/mol. The Morgan fingerprint density at radius 3 is 3.00 bits per heavy atom. The van der Waals surface area contributed by atoms with Gasteiger partial charge in [-0.3, -0.25) is 14.6 Å². The number of pyridine rings is 1. The van der Waals surface area contributed by atoms with Crippen molar-refractivity contribution in [2.45, 2.75) is 51.6 Å². The van der Waals surface area contributed by atoms with Crippen molar-refractivity contribution in [1.82, 2.24) is 9.88 Å². The molecule has 0 radical (unpaired) electrons. The molecule has 0 N–H and O–H groups in total. The van der Waals surface area contributed by atoms with E-state index in [4.69, 9.17) is 4.74 Å². The van der Waals surface area contributed by atoms with Crippen molar-refractivity contribution in [3.05, 3.63) is 30.1 Å². The molecule has 5 nitrogen and oxygen atoms in total. The molecule has 1 atom stereocenters. The average Bonchev–Trinajstić information content (AvgIpc) is 2.55. The van der Waals surface area contributed by atoms with Gasteiger partial charge in [0.1, 0.15) is 12.6 Å². The fourth-order valence-corrected chi connectivity index (χ4v) is 2.58. The summed E-state index contributed by atoms with van der Waals surface area (Å²) in [6.45, 7) is 2.49. The van der Waals surface area contributed by atoms with Gasteiger partial charge in [0.25, 0.3) is 0 Å². The Labute approximate surface area is 143 Å². The normalized spacial score (nSPS) is 16.4. The molecule has 1 aromatic heterocycles. The molecular formula is C19H24N2O3. The molecule has 0 unspecified atom stereocenters. The zero-order valence-electron chi connectivity index (χ0n) is 14.2. The minimum atomic E-state index is -0.361. The maximum absolute atomic E-state index is 12.0. The third-order valence-corrected chi connectivity index (χ3v) is 3.86. The van der Waals surface area contributed by atoms with Crippen LogP contribution in [0.15, 0.2) is 24.5 Å². The largest absolute Gasteiger partial charge is 0.460 e. The maximum Gasteiger partial charge on any atom is 0.325 e. The van der Waals surface area contributed by atoms with Crippen LogP contribution in [0.1, 0.15) is 51.0 Å². The Hall–Kier alpha value is -2.35. The second kappa shape index (κ2) is 9.71. The van der Waals surface area contributed by atoms with Crippen LogP contribution in [0.3, 0.4) is 0 Å². The summed E-state index contributed by atoms with van der Waals surface area (Å²) in [7, 11) is 0. The number of nitrogens with zero attached hydrogens (tertiary/aromatic N) is 2. The van der Waals surface area contributed by atoms with E-state index < -0.39 is 0 Å². The summed E-state index contributed by atoms with van der Waals surface area (Å²) in [5.74, 6) is 5.66. The van der Waals surface area contributed by atoms with Crippen LogP contribution in [0.5, 0.6) is 0 Å². The molecule has 1 aliphatic heterocycles. The van der Waals surface area contributed by atoms with Crippen molar-refractivity contribution >= 4 is 11.9 Å². The van der Waals surface area contributed by atoms with Crippen LogP contribution in [0, 0.1) is 11.8 Å². The van der Waals surface area contributed by atoms with Gasteiger partial charge in [0.2, 0.25) is 5.91 Å². The number of likely N-dealkylation sites (tertiary alicyclic amines) is 1. The molecule has 1 aliphatic rings. The molecule has 1 saturated heterocycles. The molecule has 0 bridgehead atoms. The molecule has 5 heteroatoms. The van der Waals surface area contributed by atoms with Crippen LogP contribution in [0.4, 0.5) is 0 Å². The number of aromatic nitrogens is 1. The first kappa shape index (κ1) is 18.0. The van der Waals surface area contributed by atoms with E-state index in [0.717, 1.165) is 31.2 Å². The fraction of sp³-hybridized carbons (Fsp3) is 0.526. The van der Waals surface area contributed by atoms with E-state index in [1.165, 1.54) is 0 Å². The fourth-order valence-electron chi connectivity index (χ4n) is 2.58. The van der Waals surface area contributed by atoms with Crippen molar-refractivity contribution in [3.8, 4) is 11.8 Å². The molecule has 0 saturated carbocycles. The lowest BCUT2D eigenvalue weighted by molar-refractivity contribution is -0.153. The third-order valence-electron chi connectivity index (χ3n) is 3.86. The van der Waals surface area contributed by atoms with E-state index in [9.17, 15) is 9.59 Å². The Morgan fingerprint density at radius 2 is 2.21 bits per heavy atom. The van der Waals surface area contributed by atoms with Gasteiger partial charge in [-0.25, -0.2) is 0 Å². The van der Waals surface area contributed by atoms with Crippen LogP contribution in [0.2, 0.25) is 0 Å². The minimum Gasteiger partial charge on any atom is -0.460 e. The van der Waals surface area contributed by atoms with Gasteiger partial charge < -0.3 is 9.64 Å².